The number of likely N-dealkylation sites (tertiary alicyclic amines) is 1. The van der Waals surface area contributed by atoms with Crippen molar-refractivity contribution in [3.05, 3.63) is 48.0 Å². The predicted molar refractivity (Wildman–Crippen MR) is 96.3 cm³/mol. The van der Waals surface area contributed by atoms with Gasteiger partial charge in [-0.3, -0.25) is 0 Å². The Hall–Kier alpha value is -3.67. The van der Waals surface area contributed by atoms with Crippen LogP contribution >= 0.6 is 0 Å². The summed E-state index contributed by atoms with van der Waals surface area (Å²) in [6.07, 6.45) is 3.16. The van der Waals surface area contributed by atoms with Gasteiger partial charge in [0.25, 0.3) is 0 Å². The van der Waals surface area contributed by atoms with Gasteiger partial charge in [-0.25, -0.2) is 14.2 Å². The van der Waals surface area contributed by atoms with Crippen LogP contribution < -0.4 is 4.74 Å². The normalized spacial score (nSPS) is 14.8. The number of benzene rings is 1. The van der Waals surface area contributed by atoms with E-state index in [1.807, 2.05) is 6.07 Å². The molecule has 0 unspecified atom stereocenters. The Morgan fingerprint density at radius 2 is 2.07 bits per heavy atom. The van der Waals surface area contributed by atoms with Gasteiger partial charge in [-0.05, 0) is 18.2 Å². The predicted octanol–water partition coefficient (Wildman–Crippen LogP) is 2.93. The number of halogens is 1. The van der Waals surface area contributed by atoms with Gasteiger partial charge in [0.1, 0.15) is 11.9 Å². The van der Waals surface area contributed by atoms with E-state index in [9.17, 15) is 9.18 Å². The number of ether oxygens (including phenoxy) is 1. The fraction of sp³-hybridized carbons (Fsp3) is 0.263. The van der Waals surface area contributed by atoms with Crippen molar-refractivity contribution in [3.63, 3.8) is 0 Å². The van der Waals surface area contributed by atoms with Gasteiger partial charge >= 0.3 is 6.09 Å². The summed E-state index contributed by atoms with van der Waals surface area (Å²) in [5.74, 6) is -0.0674. The first-order valence-electron chi connectivity index (χ1n) is 8.74. The molecule has 1 saturated heterocycles. The molecular formula is C19H16FN5O3. The lowest BCUT2D eigenvalue weighted by atomic mass is 10.1. The first-order valence-corrected chi connectivity index (χ1v) is 8.74. The minimum atomic E-state index is -0.925. The van der Waals surface area contributed by atoms with Crippen LogP contribution in [0.4, 0.5) is 9.18 Å². The minimum absolute atomic E-state index is 0.138. The Bertz CT molecular complexity index is 1080. The van der Waals surface area contributed by atoms with Gasteiger partial charge in [0, 0.05) is 49.3 Å². The smallest absolute Gasteiger partial charge is 0.407 e. The number of hydrogen-bond donors (Lipinski definition) is 1. The van der Waals surface area contributed by atoms with E-state index in [1.54, 1.807) is 18.3 Å². The molecule has 1 aliphatic heterocycles. The molecule has 0 spiro atoms. The molecule has 3 heterocycles. The van der Waals surface area contributed by atoms with Crippen LogP contribution in [0.3, 0.4) is 0 Å². The fourth-order valence-electron chi connectivity index (χ4n) is 3.29. The topological polar surface area (TPSA) is 104 Å². The quantitative estimate of drug-likeness (QED) is 0.748. The van der Waals surface area contributed by atoms with Gasteiger partial charge in [-0.15, -0.1) is 0 Å². The monoisotopic (exact) mass is 381 g/mol. The lowest BCUT2D eigenvalue weighted by molar-refractivity contribution is 0.0857. The molecule has 0 aliphatic carbocycles. The van der Waals surface area contributed by atoms with Gasteiger partial charge in [-0.1, -0.05) is 0 Å². The summed E-state index contributed by atoms with van der Waals surface area (Å²) in [4.78, 5) is 16.7. The zero-order chi connectivity index (χ0) is 19.7. The molecule has 1 aliphatic rings. The molecule has 3 aromatic rings. The van der Waals surface area contributed by atoms with Crippen LogP contribution in [-0.4, -0.2) is 49.9 Å². The molecule has 142 valence electrons. The number of carboxylic acid groups (broad SMARTS) is 1. The SMILES string of the molecule is N#Cc1ccc(-c2cnn3c(OC4CCN(C(=O)O)CC4)ccnc23)c(F)c1. The maximum Gasteiger partial charge on any atom is 0.407 e. The number of amides is 1. The summed E-state index contributed by atoms with van der Waals surface area (Å²) < 4.78 is 21.9. The highest BCUT2D eigenvalue weighted by Gasteiger charge is 2.24. The average molecular weight is 381 g/mol. The zero-order valence-corrected chi connectivity index (χ0v) is 14.7. The number of nitrogens with zero attached hydrogens (tertiary/aromatic N) is 5. The maximum atomic E-state index is 14.4. The largest absolute Gasteiger partial charge is 0.474 e. The number of fused-ring (bicyclic) bond motifs is 1. The standard InChI is InChI=1S/C19H16FN5O3/c20-16-9-12(10-21)1-2-14(16)15-11-23-25-17(3-6-22-18(15)25)28-13-4-7-24(8-5-13)19(26)27/h1-3,6,9,11,13H,4-5,7-8H2,(H,26,27). The number of hydrogen-bond acceptors (Lipinski definition) is 5. The second kappa shape index (κ2) is 7.15. The molecule has 9 heteroatoms. The third-order valence-electron chi connectivity index (χ3n) is 4.75. The van der Waals surface area contributed by atoms with Crippen molar-refractivity contribution in [3.8, 4) is 23.1 Å². The van der Waals surface area contributed by atoms with E-state index in [4.69, 9.17) is 15.1 Å². The van der Waals surface area contributed by atoms with Gasteiger partial charge in [0.05, 0.1) is 17.8 Å². The van der Waals surface area contributed by atoms with E-state index in [2.05, 4.69) is 10.1 Å². The number of carbonyl (C=O) groups is 1. The summed E-state index contributed by atoms with van der Waals surface area (Å²) in [5, 5.41) is 22.2. The van der Waals surface area contributed by atoms with Crippen LogP contribution in [0.25, 0.3) is 16.8 Å². The van der Waals surface area contributed by atoms with E-state index >= 15 is 0 Å². The van der Waals surface area contributed by atoms with E-state index < -0.39 is 11.9 Å². The summed E-state index contributed by atoms with van der Waals surface area (Å²) in [7, 11) is 0. The highest BCUT2D eigenvalue weighted by atomic mass is 19.1. The number of piperidine rings is 1. The van der Waals surface area contributed by atoms with Crippen molar-refractivity contribution < 1.29 is 19.0 Å². The molecule has 8 nitrogen and oxygen atoms in total. The van der Waals surface area contributed by atoms with Gasteiger partial charge in [0.15, 0.2) is 5.65 Å². The van der Waals surface area contributed by atoms with E-state index in [-0.39, 0.29) is 11.7 Å². The fourth-order valence-corrected chi connectivity index (χ4v) is 3.29. The van der Waals surface area contributed by atoms with Crippen molar-refractivity contribution >= 4 is 11.7 Å². The Morgan fingerprint density at radius 3 is 2.75 bits per heavy atom. The molecular weight excluding hydrogens is 365 g/mol. The van der Waals surface area contributed by atoms with E-state index in [0.29, 0.717) is 48.6 Å². The molecule has 0 saturated carbocycles. The van der Waals surface area contributed by atoms with Crippen molar-refractivity contribution in [2.24, 2.45) is 0 Å². The molecule has 0 radical (unpaired) electrons. The number of aromatic nitrogens is 3. The molecule has 2 aromatic heterocycles. The van der Waals surface area contributed by atoms with Gasteiger partial charge < -0.3 is 14.7 Å². The second-order valence-corrected chi connectivity index (χ2v) is 6.47. The third-order valence-corrected chi connectivity index (χ3v) is 4.75. The van der Waals surface area contributed by atoms with Gasteiger partial charge in [-0.2, -0.15) is 14.9 Å². The molecule has 1 amide bonds. The van der Waals surface area contributed by atoms with E-state index in [1.165, 1.54) is 27.7 Å². The Morgan fingerprint density at radius 1 is 1.29 bits per heavy atom. The molecule has 1 aromatic carbocycles. The Balaban J connectivity index is 1.61. The minimum Gasteiger partial charge on any atom is -0.474 e. The Labute approximate surface area is 159 Å². The zero-order valence-electron chi connectivity index (χ0n) is 14.7. The number of rotatable bonds is 3. The first-order chi connectivity index (χ1) is 13.6. The third kappa shape index (κ3) is 3.20. The van der Waals surface area contributed by atoms with E-state index in [0.717, 1.165) is 0 Å². The van der Waals surface area contributed by atoms with Crippen molar-refractivity contribution in [2.75, 3.05) is 13.1 Å². The van der Waals surface area contributed by atoms with Crippen LogP contribution in [0.1, 0.15) is 18.4 Å². The van der Waals surface area contributed by atoms with Crippen molar-refractivity contribution in [1.82, 2.24) is 19.5 Å². The number of nitriles is 1. The van der Waals surface area contributed by atoms with Crippen molar-refractivity contribution in [1.29, 1.82) is 5.26 Å². The Kier molecular flexibility index (Phi) is 4.53. The summed E-state index contributed by atoms with van der Waals surface area (Å²) >= 11 is 0. The summed E-state index contributed by atoms with van der Waals surface area (Å²) in [5.41, 5.74) is 1.47. The maximum absolute atomic E-state index is 14.4. The second-order valence-electron chi connectivity index (χ2n) is 6.47. The van der Waals surface area contributed by atoms with Gasteiger partial charge in [0.2, 0.25) is 5.88 Å². The molecule has 1 N–H and O–H groups in total. The lowest BCUT2D eigenvalue weighted by Gasteiger charge is -2.30. The van der Waals surface area contributed by atoms with Crippen LogP contribution in [0.5, 0.6) is 5.88 Å². The summed E-state index contributed by atoms with van der Waals surface area (Å²) in [6, 6.07) is 7.82. The molecule has 0 bridgehead atoms. The molecule has 28 heavy (non-hydrogen) atoms. The van der Waals surface area contributed by atoms with Crippen LogP contribution in [0, 0.1) is 17.1 Å². The van der Waals surface area contributed by atoms with Crippen LogP contribution in [0.15, 0.2) is 36.7 Å². The first kappa shape index (κ1) is 17.7. The van der Waals surface area contributed by atoms with Crippen LogP contribution in [-0.2, 0) is 0 Å². The summed E-state index contributed by atoms with van der Waals surface area (Å²) in [6.45, 7) is 0.823. The lowest BCUT2D eigenvalue weighted by Crippen LogP contribution is -2.41. The highest BCUT2D eigenvalue weighted by molar-refractivity contribution is 5.78. The highest BCUT2D eigenvalue weighted by Crippen LogP contribution is 2.29. The van der Waals surface area contributed by atoms with Crippen LogP contribution in [0.2, 0.25) is 0 Å². The average Bonchev–Trinajstić information content (AvgIpc) is 3.13. The molecule has 4 rings (SSSR count). The molecule has 0 atom stereocenters. The van der Waals surface area contributed by atoms with Crippen molar-refractivity contribution in [2.45, 2.75) is 18.9 Å². The molecule has 1 fully saturated rings.